The van der Waals surface area contributed by atoms with Crippen LogP contribution in [0.5, 0.6) is 0 Å². The van der Waals surface area contributed by atoms with Crippen LogP contribution in [0.4, 0.5) is 0 Å². The summed E-state index contributed by atoms with van der Waals surface area (Å²) < 4.78 is 0. The van der Waals surface area contributed by atoms with Gasteiger partial charge in [0.15, 0.2) is 0 Å². The molecule has 62 valence electrons. The predicted molar refractivity (Wildman–Crippen MR) is 46.3 cm³/mol. The predicted octanol–water partition coefficient (Wildman–Crippen LogP) is 0.986. The Morgan fingerprint density at radius 2 is 1.70 bits per heavy atom. The second-order valence-electron chi connectivity index (χ2n) is 2.56. The summed E-state index contributed by atoms with van der Waals surface area (Å²) in [6.45, 7) is 5.68. The first-order valence-corrected chi connectivity index (χ1v) is 4.27. The lowest BCUT2D eigenvalue weighted by atomic mass is 10.3. The van der Waals surface area contributed by atoms with Gasteiger partial charge in [-0.3, -0.25) is 0 Å². The fourth-order valence-corrected chi connectivity index (χ4v) is 0.817. The van der Waals surface area contributed by atoms with Crippen molar-refractivity contribution in [3.63, 3.8) is 0 Å². The highest BCUT2D eigenvalue weighted by Crippen LogP contribution is 1.82. The maximum Gasteiger partial charge on any atom is -0.00368 e. The first-order chi connectivity index (χ1) is 4.91. The molecular weight excluding hydrogens is 124 g/mol. The van der Waals surface area contributed by atoms with Gasteiger partial charge in [-0.1, -0.05) is 13.3 Å². The van der Waals surface area contributed by atoms with Gasteiger partial charge in [0.1, 0.15) is 0 Å². The van der Waals surface area contributed by atoms with Gasteiger partial charge in [0.2, 0.25) is 0 Å². The van der Waals surface area contributed by atoms with Gasteiger partial charge in [-0.25, -0.2) is 0 Å². The van der Waals surface area contributed by atoms with E-state index in [2.05, 4.69) is 17.6 Å². The molecule has 0 saturated heterocycles. The van der Waals surface area contributed by atoms with Gasteiger partial charge in [-0.15, -0.1) is 0 Å². The van der Waals surface area contributed by atoms with E-state index in [-0.39, 0.29) is 0 Å². The zero-order valence-corrected chi connectivity index (χ0v) is 7.24. The van der Waals surface area contributed by atoms with Crippen molar-refractivity contribution in [1.29, 1.82) is 0 Å². The Labute approximate surface area is 64.4 Å². The summed E-state index contributed by atoms with van der Waals surface area (Å²) in [6.07, 6.45) is 3.83. The maximum absolute atomic E-state index is 3.38. The number of hydrogen-bond donors (Lipinski definition) is 2. The van der Waals surface area contributed by atoms with Gasteiger partial charge in [-0.2, -0.15) is 0 Å². The van der Waals surface area contributed by atoms with E-state index in [0.717, 1.165) is 13.1 Å². The van der Waals surface area contributed by atoms with Crippen LogP contribution >= 0.6 is 0 Å². The molecule has 2 heteroatoms. The highest BCUT2D eigenvalue weighted by molar-refractivity contribution is 4.48. The summed E-state index contributed by atoms with van der Waals surface area (Å²) in [5.74, 6) is 0. The van der Waals surface area contributed by atoms with Crippen LogP contribution in [0.2, 0.25) is 0 Å². The Bertz CT molecular complexity index is 47.2. The van der Waals surface area contributed by atoms with Crippen molar-refractivity contribution >= 4 is 0 Å². The van der Waals surface area contributed by atoms with Crippen LogP contribution in [-0.2, 0) is 0 Å². The van der Waals surface area contributed by atoms with E-state index in [0.29, 0.717) is 0 Å². The molecule has 0 aliphatic rings. The van der Waals surface area contributed by atoms with E-state index < -0.39 is 0 Å². The second kappa shape index (κ2) is 8.92. The largest absolute Gasteiger partial charge is 0.320 e. The fourth-order valence-electron chi connectivity index (χ4n) is 0.817. The molecule has 0 aromatic heterocycles. The molecule has 0 spiro atoms. The Morgan fingerprint density at radius 1 is 1.00 bits per heavy atom. The Hall–Kier alpha value is -0.0800. The van der Waals surface area contributed by atoms with Crippen molar-refractivity contribution in [2.45, 2.75) is 26.2 Å². The minimum Gasteiger partial charge on any atom is -0.320 e. The van der Waals surface area contributed by atoms with Crippen LogP contribution in [0, 0.1) is 0 Å². The van der Waals surface area contributed by atoms with Crippen molar-refractivity contribution < 1.29 is 0 Å². The summed E-state index contributed by atoms with van der Waals surface area (Å²) in [5.41, 5.74) is 0. The van der Waals surface area contributed by atoms with Gasteiger partial charge in [0, 0.05) is 0 Å². The number of nitrogens with one attached hydrogen (secondary N) is 2. The van der Waals surface area contributed by atoms with Crippen LogP contribution in [0.3, 0.4) is 0 Å². The molecule has 0 unspecified atom stereocenters. The second-order valence-corrected chi connectivity index (χ2v) is 2.56. The molecule has 10 heavy (non-hydrogen) atoms. The summed E-state index contributed by atoms with van der Waals surface area (Å²) in [7, 11) is 1.99. The number of rotatable bonds is 7. The molecular formula is C8H20N2. The number of unbranched alkanes of at least 4 members (excludes halogenated alkanes) is 1. The van der Waals surface area contributed by atoms with Crippen molar-refractivity contribution in [3.05, 3.63) is 0 Å². The molecule has 0 aliphatic carbocycles. The van der Waals surface area contributed by atoms with E-state index in [4.69, 9.17) is 0 Å². The lowest BCUT2D eigenvalue weighted by molar-refractivity contribution is 0.602. The molecule has 0 bridgehead atoms. The number of hydrogen-bond acceptors (Lipinski definition) is 2. The zero-order chi connectivity index (χ0) is 7.66. The smallest absolute Gasteiger partial charge is 0.00368 e. The van der Waals surface area contributed by atoms with E-state index in [1.807, 2.05) is 7.05 Å². The first-order valence-electron chi connectivity index (χ1n) is 4.27. The molecule has 2 N–H and O–H groups in total. The summed E-state index contributed by atoms with van der Waals surface area (Å²) in [4.78, 5) is 0. The molecule has 0 heterocycles. The minimum absolute atomic E-state index is 1.12. The SMILES string of the molecule is CCCCNCCCNC. The minimum atomic E-state index is 1.12. The van der Waals surface area contributed by atoms with E-state index in [1.165, 1.54) is 25.8 Å². The van der Waals surface area contributed by atoms with E-state index >= 15 is 0 Å². The molecule has 0 saturated carbocycles. The van der Waals surface area contributed by atoms with Crippen LogP contribution in [0.1, 0.15) is 26.2 Å². The van der Waals surface area contributed by atoms with Crippen LogP contribution in [0.15, 0.2) is 0 Å². The van der Waals surface area contributed by atoms with Crippen molar-refractivity contribution in [1.82, 2.24) is 10.6 Å². The molecule has 0 aliphatic heterocycles. The Kier molecular flexibility index (Phi) is 8.85. The lowest BCUT2D eigenvalue weighted by Crippen LogP contribution is -2.20. The van der Waals surface area contributed by atoms with E-state index in [1.54, 1.807) is 0 Å². The molecule has 0 amide bonds. The summed E-state index contributed by atoms with van der Waals surface area (Å²) >= 11 is 0. The molecule has 0 fully saturated rings. The third-order valence-corrected chi connectivity index (χ3v) is 1.49. The summed E-state index contributed by atoms with van der Waals surface area (Å²) in [6, 6.07) is 0. The topological polar surface area (TPSA) is 24.1 Å². The lowest BCUT2D eigenvalue weighted by Gasteiger charge is -2.01. The molecule has 0 radical (unpaired) electrons. The quantitative estimate of drug-likeness (QED) is 0.521. The van der Waals surface area contributed by atoms with Gasteiger partial charge < -0.3 is 10.6 Å². The van der Waals surface area contributed by atoms with Crippen LogP contribution in [0.25, 0.3) is 0 Å². The molecule has 2 nitrogen and oxygen atoms in total. The highest BCUT2D eigenvalue weighted by atomic mass is 14.9. The van der Waals surface area contributed by atoms with Crippen LogP contribution in [-0.4, -0.2) is 26.7 Å². The Morgan fingerprint density at radius 3 is 2.30 bits per heavy atom. The van der Waals surface area contributed by atoms with Gasteiger partial charge >= 0.3 is 0 Å². The monoisotopic (exact) mass is 144 g/mol. The zero-order valence-electron chi connectivity index (χ0n) is 7.24. The molecule has 0 rings (SSSR count). The van der Waals surface area contributed by atoms with Crippen molar-refractivity contribution in [2.75, 3.05) is 26.7 Å². The fraction of sp³-hybridized carbons (Fsp3) is 1.00. The molecule has 0 atom stereocenters. The standard InChI is InChI=1S/C8H20N2/c1-3-4-7-10-8-5-6-9-2/h9-10H,3-8H2,1-2H3. The van der Waals surface area contributed by atoms with Gasteiger partial charge in [-0.05, 0) is 39.5 Å². The summed E-state index contributed by atoms with van der Waals surface area (Å²) in [5, 5.41) is 6.50. The average Bonchev–Trinajstić information content (AvgIpc) is 1.97. The van der Waals surface area contributed by atoms with Gasteiger partial charge in [0.25, 0.3) is 0 Å². The van der Waals surface area contributed by atoms with Crippen molar-refractivity contribution in [3.8, 4) is 0 Å². The van der Waals surface area contributed by atoms with Crippen LogP contribution < -0.4 is 10.6 Å². The normalized spacial score (nSPS) is 10.2. The van der Waals surface area contributed by atoms with Gasteiger partial charge in [0.05, 0.1) is 0 Å². The average molecular weight is 144 g/mol. The van der Waals surface area contributed by atoms with Crippen molar-refractivity contribution in [2.24, 2.45) is 0 Å². The Balaban J connectivity index is 2.65. The first kappa shape index (κ1) is 9.92. The third kappa shape index (κ3) is 7.92. The molecule has 0 aromatic carbocycles. The maximum atomic E-state index is 3.38. The molecule has 0 aromatic rings. The third-order valence-electron chi connectivity index (χ3n) is 1.49. The highest BCUT2D eigenvalue weighted by Gasteiger charge is 1.84. The van der Waals surface area contributed by atoms with E-state index in [9.17, 15) is 0 Å².